The number of rotatable bonds is 3. The lowest BCUT2D eigenvalue weighted by Gasteiger charge is -2.28. The molecule has 1 fully saturated rings. The number of amides is 1. The largest absolute Gasteiger partial charge is 0.324 e. The fraction of sp³-hybridized carbons (Fsp3) is 0.562. The molecule has 1 aromatic carbocycles. The number of piperidine rings is 1. The number of carbonyl (C=O) groups is 1. The highest BCUT2D eigenvalue weighted by Gasteiger charge is 2.20. The van der Waals surface area contributed by atoms with Gasteiger partial charge in [-0.2, -0.15) is 0 Å². The van der Waals surface area contributed by atoms with Crippen LogP contribution in [0.4, 0.5) is 10.1 Å². The standard InChI is InChI=1S/C16H23FN2O/c1-11-8-12(2)16(13(3)9-11)18-15(20)10-19-6-4-14(17)5-7-19/h8-9,14H,4-7,10H2,1-3H3,(H,18,20). The summed E-state index contributed by atoms with van der Waals surface area (Å²) in [7, 11) is 0. The van der Waals surface area contributed by atoms with Crippen LogP contribution < -0.4 is 5.32 Å². The molecule has 1 amide bonds. The van der Waals surface area contributed by atoms with E-state index in [1.165, 1.54) is 5.56 Å². The van der Waals surface area contributed by atoms with Gasteiger partial charge in [0.2, 0.25) is 5.91 Å². The van der Waals surface area contributed by atoms with Crippen molar-refractivity contribution in [1.29, 1.82) is 0 Å². The molecule has 0 unspecified atom stereocenters. The van der Waals surface area contributed by atoms with Crippen molar-refractivity contribution in [3.63, 3.8) is 0 Å². The molecular weight excluding hydrogens is 255 g/mol. The van der Waals surface area contributed by atoms with Crippen molar-refractivity contribution < 1.29 is 9.18 Å². The number of carbonyl (C=O) groups excluding carboxylic acids is 1. The third kappa shape index (κ3) is 3.79. The molecule has 1 aromatic rings. The van der Waals surface area contributed by atoms with Gasteiger partial charge in [-0.15, -0.1) is 0 Å². The number of hydrogen-bond donors (Lipinski definition) is 1. The number of nitrogens with zero attached hydrogens (tertiary/aromatic N) is 1. The number of halogens is 1. The Morgan fingerprint density at radius 2 is 1.80 bits per heavy atom. The second-order valence-electron chi connectivity index (χ2n) is 5.77. The molecule has 0 radical (unpaired) electrons. The van der Waals surface area contributed by atoms with Gasteiger partial charge in [-0.1, -0.05) is 17.7 Å². The summed E-state index contributed by atoms with van der Waals surface area (Å²) in [5.41, 5.74) is 4.26. The Kier molecular flexibility index (Phi) is 4.76. The van der Waals surface area contributed by atoms with Gasteiger partial charge in [0.1, 0.15) is 6.17 Å². The Morgan fingerprint density at radius 1 is 1.25 bits per heavy atom. The highest BCUT2D eigenvalue weighted by atomic mass is 19.1. The van der Waals surface area contributed by atoms with Crippen LogP contribution in [-0.4, -0.2) is 36.6 Å². The minimum absolute atomic E-state index is 0.0163. The summed E-state index contributed by atoms with van der Waals surface area (Å²) in [4.78, 5) is 14.1. The summed E-state index contributed by atoms with van der Waals surface area (Å²) >= 11 is 0. The predicted molar refractivity (Wildman–Crippen MR) is 79.9 cm³/mol. The normalized spacial score (nSPS) is 17.2. The van der Waals surface area contributed by atoms with Gasteiger partial charge in [0.15, 0.2) is 0 Å². The molecule has 1 N–H and O–H groups in total. The molecule has 1 aliphatic heterocycles. The second kappa shape index (κ2) is 6.35. The van der Waals surface area contributed by atoms with Crippen molar-refractivity contribution in [2.24, 2.45) is 0 Å². The van der Waals surface area contributed by atoms with E-state index >= 15 is 0 Å². The molecule has 0 spiro atoms. The van der Waals surface area contributed by atoms with Crippen LogP contribution in [0.3, 0.4) is 0 Å². The number of anilines is 1. The van der Waals surface area contributed by atoms with Crippen LogP contribution in [0, 0.1) is 20.8 Å². The molecule has 0 aromatic heterocycles. The van der Waals surface area contributed by atoms with E-state index in [-0.39, 0.29) is 5.91 Å². The highest BCUT2D eigenvalue weighted by molar-refractivity contribution is 5.93. The van der Waals surface area contributed by atoms with Gasteiger partial charge < -0.3 is 5.32 Å². The van der Waals surface area contributed by atoms with Crippen LogP contribution in [0.15, 0.2) is 12.1 Å². The molecule has 0 bridgehead atoms. The Balaban J connectivity index is 1.95. The number of benzene rings is 1. The summed E-state index contributed by atoms with van der Waals surface area (Å²) in [5, 5.41) is 2.99. The molecule has 2 rings (SSSR count). The van der Waals surface area contributed by atoms with Crippen molar-refractivity contribution in [1.82, 2.24) is 4.90 Å². The Morgan fingerprint density at radius 3 is 2.35 bits per heavy atom. The zero-order valence-electron chi connectivity index (χ0n) is 12.5. The average molecular weight is 278 g/mol. The maximum Gasteiger partial charge on any atom is 0.238 e. The Labute approximate surface area is 120 Å². The third-order valence-electron chi connectivity index (χ3n) is 3.83. The van der Waals surface area contributed by atoms with E-state index in [2.05, 4.69) is 17.4 Å². The maximum atomic E-state index is 13.1. The quantitative estimate of drug-likeness (QED) is 0.922. The number of likely N-dealkylation sites (tertiary alicyclic amines) is 1. The fourth-order valence-electron chi connectivity index (χ4n) is 2.82. The molecule has 1 heterocycles. The predicted octanol–water partition coefficient (Wildman–Crippen LogP) is 2.98. The zero-order chi connectivity index (χ0) is 14.7. The Hall–Kier alpha value is -1.42. The fourth-order valence-corrected chi connectivity index (χ4v) is 2.82. The highest BCUT2D eigenvalue weighted by Crippen LogP contribution is 2.22. The average Bonchev–Trinajstić information content (AvgIpc) is 2.36. The lowest BCUT2D eigenvalue weighted by molar-refractivity contribution is -0.117. The first-order valence-electron chi connectivity index (χ1n) is 7.20. The topological polar surface area (TPSA) is 32.3 Å². The van der Waals surface area contributed by atoms with Gasteiger partial charge in [-0.25, -0.2) is 4.39 Å². The van der Waals surface area contributed by atoms with E-state index in [4.69, 9.17) is 0 Å². The van der Waals surface area contributed by atoms with Crippen molar-refractivity contribution >= 4 is 11.6 Å². The van der Waals surface area contributed by atoms with E-state index in [0.717, 1.165) is 16.8 Å². The SMILES string of the molecule is Cc1cc(C)c(NC(=O)CN2CCC(F)CC2)c(C)c1. The molecule has 1 aliphatic rings. The van der Waals surface area contributed by atoms with Crippen LogP contribution >= 0.6 is 0 Å². The van der Waals surface area contributed by atoms with Gasteiger partial charge in [0.05, 0.1) is 6.54 Å². The molecule has 0 atom stereocenters. The summed E-state index contributed by atoms with van der Waals surface area (Å²) in [5.74, 6) is -0.0163. The first kappa shape index (κ1) is 15.0. The van der Waals surface area contributed by atoms with Gasteiger partial charge >= 0.3 is 0 Å². The summed E-state index contributed by atoms with van der Waals surface area (Å²) in [6.07, 6.45) is 0.377. The van der Waals surface area contributed by atoms with E-state index in [0.29, 0.717) is 32.5 Å². The van der Waals surface area contributed by atoms with Gasteiger partial charge in [-0.3, -0.25) is 9.69 Å². The van der Waals surface area contributed by atoms with Crippen LogP contribution in [0.5, 0.6) is 0 Å². The third-order valence-corrected chi connectivity index (χ3v) is 3.83. The first-order valence-corrected chi connectivity index (χ1v) is 7.20. The molecule has 0 aliphatic carbocycles. The molecule has 4 heteroatoms. The van der Waals surface area contributed by atoms with E-state index < -0.39 is 6.17 Å². The van der Waals surface area contributed by atoms with Crippen LogP contribution in [0.25, 0.3) is 0 Å². The molecule has 20 heavy (non-hydrogen) atoms. The molecular formula is C16H23FN2O. The Bertz CT molecular complexity index is 470. The van der Waals surface area contributed by atoms with Gasteiger partial charge in [0, 0.05) is 18.8 Å². The first-order chi connectivity index (χ1) is 9.45. The lowest BCUT2D eigenvalue weighted by Crippen LogP contribution is -2.39. The van der Waals surface area contributed by atoms with Crippen LogP contribution in [0.2, 0.25) is 0 Å². The van der Waals surface area contributed by atoms with E-state index in [1.807, 2.05) is 25.7 Å². The van der Waals surface area contributed by atoms with Crippen molar-refractivity contribution in [2.45, 2.75) is 39.8 Å². The summed E-state index contributed by atoms with van der Waals surface area (Å²) in [6.45, 7) is 7.74. The molecule has 1 saturated heterocycles. The summed E-state index contributed by atoms with van der Waals surface area (Å²) in [6, 6.07) is 4.13. The minimum atomic E-state index is -0.698. The maximum absolute atomic E-state index is 13.1. The molecule has 3 nitrogen and oxygen atoms in total. The molecule has 110 valence electrons. The van der Waals surface area contributed by atoms with Crippen molar-refractivity contribution in [2.75, 3.05) is 25.0 Å². The van der Waals surface area contributed by atoms with E-state index in [9.17, 15) is 9.18 Å². The van der Waals surface area contributed by atoms with Crippen molar-refractivity contribution in [3.05, 3.63) is 28.8 Å². The van der Waals surface area contributed by atoms with Crippen LogP contribution in [0.1, 0.15) is 29.5 Å². The minimum Gasteiger partial charge on any atom is -0.324 e. The zero-order valence-corrected chi connectivity index (χ0v) is 12.5. The number of alkyl halides is 1. The number of aryl methyl sites for hydroxylation is 3. The molecule has 0 saturated carbocycles. The van der Waals surface area contributed by atoms with Crippen LogP contribution in [-0.2, 0) is 4.79 Å². The smallest absolute Gasteiger partial charge is 0.238 e. The van der Waals surface area contributed by atoms with Gasteiger partial charge in [0.25, 0.3) is 0 Å². The van der Waals surface area contributed by atoms with E-state index in [1.54, 1.807) is 0 Å². The number of nitrogens with one attached hydrogen (secondary N) is 1. The van der Waals surface area contributed by atoms with Gasteiger partial charge in [-0.05, 0) is 44.7 Å². The second-order valence-corrected chi connectivity index (χ2v) is 5.77. The number of hydrogen-bond acceptors (Lipinski definition) is 2. The summed E-state index contributed by atoms with van der Waals surface area (Å²) < 4.78 is 13.1. The lowest BCUT2D eigenvalue weighted by atomic mass is 10.0. The van der Waals surface area contributed by atoms with Crippen molar-refractivity contribution in [3.8, 4) is 0 Å². The monoisotopic (exact) mass is 278 g/mol.